The maximum Gasteiger partial charge on any atom is 0.276 e. The second kappa shape index (κ2) is 8.88. The average molecular weight is 391 g/mol. The number of aryl methyl sites for hydroxylation is 1. The van der Waals surface area contributed by atoms with Crippen molar-refractivity contribution >= 4 is 12.1 Å². The van der Waals surface area contributed by atoms with Crippen molar-refractivity contribution < 1.29 is 14.6 Å². The molecule has 0 atom stereocenters. The highest BCUT2D eigenvalue weighted by atomic mass is 16.5. The second-order valence-electron chi connectivity index (χ2n) is 6.47. The molecule has 0 fully saturated rings. The Morgan fingerprint density at radius 1 is 1.21 bits per heavy atom. The van der Waals surface area contributed by atoms with Gasteiger partial charge in [0.05, 0.1) is 19.9 Å². The van der Waals surface area contributed by atoms with E-state index < -0.39 is 11.5 Å². The Hall–Kier alpha value is -3.87. The van der Waals surface area contributed by atoms with Crippen LogP contribution in [0, 0.1) is 6.92 Å². The third-order valence-corrected chi connectivity index (χ3v) is 4.32. The molecule has 2 N–H and O–H groups in total. The molecule has 0 saturated carbocycles. The zero-order chi connectivity index (χ0) is 20.8. The SMILES string of the molecule is COc1cc(/C=N\NC(=O)c2cccn(Cc3ccc(C)cc3)c2=O)ccc1O. The lowest BCUT2D eigenvalue weighted by atomic mass is 10.1. The van der Waals surface area contributed by atoms with E-state index in [0.29, 0.717) is 17.9 Å². The van der Waals surface area contributed by atoms with Gasteiger partial charge >= 0.3 is 0 Å². The van der Waals surface area contributed by atoms with Gasteiger partial charge in [0, 0.05) is 6.20 Å². The van der Waals surface area contributed by atoms with Crippen LogP contribution in [0.3, 0.4) is 0 Å². The largest absolute Gasteiger partial charge is 0.504 e. The van der Waals surface area contributed by atoms with Crippen molar-refractivity contribution in [2.45, 2.75) is 13.5 Å². The number of nitrogens with zero attached hydrogens (tertiary/aromatic N) is 2. The zero-order valence-corrected chi connectivity index (χ0v) is 16.1. The number of amides is 1. The number of aromatic hydroxyl groups is 1. The standard InChI is InChI=1S/C22H21N3O4/c1-15-5-7-16(8-6-15)14-25-11-3-4-18(22(25)28)21(27)24-23-13-17-9-10-19(26)20(12-17)29-2/h3-13,26H,14H2,1-2H3,(H,24,27)/b23-13-. The number of methoxy groups -OCH3 is 1. The van der Waals surface area contributed by atoms with Gasteiger partial charge in [-0.1, -0.05) is 29.8 Å². The van der Waals surface area contributed by atoms with Gasteiger partial charge < -0.3 is 14.4 Å². The first-order valence-electron chi connectivity index (χ1n) is 8.93. The zero-order valence-electron chi connectivity index (χ0n) is 16.1. The summed E-state index contributed by atoms with van der Waals surface area (Å²) < 4.78 is 6.50. The summed E-state index contributed by atoms with van der Waals surface area (Å²) in [5.74, 6) is -0.301. The van der Waals surface area contributed by atoms with Crippen molar-refractivity contribution in [3.63, 3.8) is 0 Å². The Kier molecular flexibility index (Phi) is 6.09. The van der Waals surface area contributed by atoms with Crippen LogP contribution in [0.1, 0.15) is 27.0 Å². The minimum Gasteiger partial charge on any atom is -0.504 e. The van der Waals surface area contributed by atoms with E-state index in [1.807, 2.05) is 31.2 Å². The molecular formula is C22H21N3O4. The summed E-state index contributed by atoms with van der Waals surface area (Å²) in [6.45, 7) is 2.37. The fraction of sp³-hybridized carbons (Fsp3) is 0.136. The van der Waals surface area contributed by atoms with Crippen molar-refractivity contribution in [2.75, 3.05) is 7.11 Å². The smallest absolute Gasteiger partial charge is 0.276 e. The first-order chi connectivity index (χ1) is 14.0. The highest BCUT2D eigenvalue weighted by Crippen LogP contribution is 2.25. The van der Waals surface area contributed by atoms with E-state index in [1.165, 1.54) is 30.0 Å². The van der Waals surface area contributed by atoms with Crippen LogP contribution in [0.5, 0.6) is 11.5 Å². The fourth-order valence-corrected chi connectivity index (χ4v) is 2.72. The number of nitrogens with one attached hydrogen (secondary N) is 1. The van der Waals surface area contributed by atoms with E-state index in [4.69, 9.17) is 4.74 Å². The monoisotopic (exact) mass is 391 g/mol. The van der Waals surface area contributed by atoms with Crippen LogP contribution in [0.15, 0.2) is 70.7 Å². The van der Waals surface area contributed by atoms with Crippen LogP contribution in [0.25, 0.3) is 0 Å². The molecule has 0 radical (unpaired) electrons. The number of carbonyl (C=O) groups is 1. The number of ether oxygens (including phenoxy) is 1. The van der Waals surface area contributed by atoms with Gasteiger partial charge in [0.15, 0.2) is 11.5 Å². The van der Waals surface area contributed by atoms with E-state index >= 15 is 0 Å². The summed E-state index contributed by atoms with van der Waals surface area (Å²) in [6.07, 6.45) is 3.04. The van der Waals surface area contributed by atoms with Crippen LogP contribution in [-0.2, 0) is 6.54 Å². The number of phenolic OH excluding ortho intramolecular Hbond substituents is 1. The quantitative estimate of drug-likeness (QED) is 0.499. The molecule has 2 aromatic carbocycles. The summed E-state index contributed by atoms with van der Waals surface area (Å²) in [5, 5.41) is 13.5. The number of hydrogen-bond donors (Lipinski definition) is 2. The van der Waals surface area contributed by atoms with Crippen molar-refractivity contribution in [3.05, 3.63) is 93.4 Å². The number of rotatable bonds is 6. The molecule has 0 unspecified atom stereocenters. The summed E-state index contributed by atoms with van der Waals surface area (Å²) in [6, 6.07) is 15.6. The number of hydrazone groups is 1. The molecule has 0 spiro atoms. The normalized spacial score (nSPS) is 10.8. The molecule has 0 aliphatic heterocycles. The van der Waals surface area contributed by atoms with Crippen molar-refractivity contribution in [2.24, 2.45) is 5.10 Å². The van der Waals surface area contributed by atoms with E-state index in [9.17, 15) is 14.7 Å². The van der Waals surface area contributed by atoms with Gasteiger partial charge in [-0.05, 0) is 48.4 Å². The summed E-state index contributed by atoms with van der Waals surface area (Å²) >= 11 is 0. The maximum absolute atomic E-state index is 12.6. The molecule has 0 aliphatic carbocycles. The molecule has 29 heavy (non-hydrogen) atoms. The lowest BCUT2D eigenvalue weighted by Gasteiger charge is -2.08. The van der Waals surface area contributed by atoms with E-state index in [0.717, 1.165) is 11.1 Å². The summed E-state index contributed by atoms with van der Waals surface area (Å²) in [5.41, 5.74) is 4.68. The molecular weight excluding hydrogens is 370 g/mol. The molecule has 148 valence electrons. The number of carbonyl (C=O) groups excluding carboxylic acids is 1. The molecule has 0 bridgehead atoms. The molecule has 0 aliphatic rings. The Bertz CT molecular complexity index is 1100. The van der Waals surface area contributed by atoms with E-state index in [-0.39, 0.29) is 11.3 Å². The molecule has 0 saturated heterocycles. The van der Waals surface area contributed by atoms with Gasteiger partial charge in [-0.15, -0.1) is 0 Å². The van der Waals surface area contributed by atoms with Gasteiger partial charge in [0.1, 0.15) is 5.56 Å². The van der Waals surface area contributed by atoms with Gasteiger partial charge in [0.25, 0.3) is 11.5 Å². The van der Waals surface area contributed by atoms with Crippen molar-refractivity contribution in [1.82, 2.24) is 9.99 Å². The van der Waals surface area contributed by atoms with E-state index in [1.54, 1.807) is 24.4 Å². The molecule has 7 nitrogen and oxygen atoms in total. The topological polar surface area (TPSA) is 92.9 Å². The summed E-state index contributed by atoms with van der Waals surface area (Å²) in [4.78, 5) is 25.0. The number of benzene rings is 2. The van der Waals surface area contributed by atoms with Gasteiger partial charge in [0.2, 0.25) is 0 Å². The first kappa shape index (κ1) is 19.9. The van der Waals surface area contributed by atoms with Crippen molar-refractivity contribution in [1.29, 1.82) is 0 Å². The predicted molar refractivity (Wildman–Crippen MR) is 111 cm³/mol. The number of aromatic nitrogens is 1. The fourth-order valence-electron chi connectivity index (χ4n) is 2.72. The number of hydrogen-bond acceptors (Lipinski definition) is 5. The average Bonchev–Trinajstić information content (AvgIpc) is 2.72. The Balaban J connectivity index is 1.72. The minimum absolute atomic E-state index is 0.0000448. The second-order valence-corrected chi connectivity index (χ2v) is 6.47. The molecule has 3 rings (SSSR count). The number of phenols is 1. The van der Waals surface area contributed by atoms with Gasteiger partial charge in [-0.25, -0.2) is 5.43 Å². The Morgan fingerprint density at radius 3 is 2.69 bits per heavy atom. The molecule has 1 heterocycles. The van der Waals surface area contributed by atoms with E-state index in [2.05, 4.69) is 10.5 Å². The molecule has 1 aromatic heterocycles. The highest BCUT2D eigenvalue weighted by molar-refractivity contribution is 5.94. The summed E-state index contributed by atoms with van der Waals surface area (Å²) in [7, 11) is 1.44. The van der Waals surface area contributed by atoms with Crippen LogP contribution in [0.2, 0.25) is 0 Å². The van der Waals surface area contributed by atoms with Gasteiger partial charge in [-0.2, -0.15) is 5.10 Å². The molecule has 7 heteroatoms. The first-order valence-corrected chi connectivity index (χ1v) is 8.93. The van der Waals surface area contributed by atoms with Crippen molar-refractivity contribution in [3.8, 4) is 11.5 Å². The minimum atomic E-state index is -0.602. The van der Waals surface area contributed by atoms with Crippen LogP contribution < -0.4 is 15.7 Å². The molecule has 3 aromatic rings. The van der Waals surface area contributed by atoms with Crippen LogP contribution >= 0.6 is 0 Å². The third-order valence-electron chi connectivity index (χ3n) is 4.32. The lowest BCUT2D eigenvalue weighted by Crippen LogP contribution is -2.30. The lowest BCUT2D eigenvalue weighted by molar-refractivity contribution is 0.0953. The third kappa shape index (κ3) is 4.90. The maximum atomic E-state index is 12.6. The predicted octanol–water partition coefficient (Wildman–Crippen LogP) is 2.68. The van der Waals surface area contributed by atoms with Crippen LogP contribution in [-0.4, -0.2) is 28.9 Å². The van der Waals surface area contributed by atoms with Crippen LogP contribution in [0.4, 0.5) is 0 Å². The number of pyridine rings is 1. The Morgan fingerprint density at radius 2 is 1.97 bits per heavy atom. The Labute approximate surface area is 167 Å². The molecule has 1 amide bonds. The highest BCUT2D eigenvalue weighted by Gasteiger charge is 2.11. The van der Waals surface area contributed by atoms with Gasteiger partial charge in [-0.3, -0.25) is 9.59 Å².